The Morgan fingerprint density at radius 3 is 2.10 bits per heavy atom. The van der Waals surface area contributed by atoms with Crippen LogP contribution < -0.4 is 0 Å². The van der Waals surface area contributed by atoms with Gasteiger partial charge in [0, 0.05) is 56.8 Å². The zero-order chi connectivity index (χ0) is 21.8. The first-order chi connectivity index (χ1) is 14.9. The van der Waals surface area contributed by atoms with Crippen molar-refractivity contribution in [2.75, 3.05) is 39.3 Å². The van der Waals surface area contributed by atoms with E-state index in [1.807, 2.05) is 29.2 Å². The lowest BCUT2D eigenvalue weighted by Gasteiger charge is -2.38. The van der Waals surface area contributed by atoms with Crippen LogP contribution in [0.4, 0.5) is 0 Å². The van der Waals surface area contributed by atoms with Gasteiger partial charge in [-0.3, -0.25) is 9.69 Å². The van der Waals surface area contributed by atoms with Crippen molar-refractivity contribution in [1.82, 2.24) is 14.1 Å². The number of piperazine rings is 1. The van der Waals surface area contributed by atoms with Crippen molar-refractivity contribution in [3.05, 3.63) is 65.2 Å². The van der Waals surface area contributed by atoms with Crippen LogP contribution in [-0.4, -0.2) is 67.7 Å². The fourth-order valence-electron chi connectivity index (χ4n) is 4.32. The number of carbonyl (C=O) groups excluding carboxylic acids is 1. The van der Waals surface area contributed by atoms with E-state index in [4.69, 9.17) is 11.6 Å². The smallest absolute Gasteiger partial charge is 0.243 e. The van der Waals surface area contributed by atoms with Crippen molar-refractivity contribution < 1.29 is 13.2 Å². The van der Waals surface area contributed by atoms with Crippen LogP contribution in [0.25, 0.3) is 0 Å². The van der Waals surface area contributed by atoms with E-state index < -0.39 is 10.0 Å². The molecule has 0 aromatic heterocycles. The van der Waals surface area contributed by atoms with Crippen LogP contribution in [0.3, 0.4) is 0 Å². The van der Waals surface area contributed by atoms with E-state index in [-0.39, 0.29) is 11.8 Å². The normalized spacial score (nSPS) is 19.5. The van der Waals surface area contributed by atoms with Crippen molar-refractivity contribution in [2.45, 2.75) is 24.3 Å². The number of halogens is 1. The van der Waals surface area contributed by atoms with Crippen LogP contribution in [-0.2, 0) is 21.4 Å². The second-order valence-corrected chi connectivity index (χ2v) is 10.6. The molecule has 0 saturated carbocycles. The predicted molar refractivity (Wildman–Crippen MR) is 121 cm³/mol. The zero-order valence-electron chi connectivity index (χ0n) is 17.5. The first-order valence-corrected chi connectivity index (χ1v) is 12.6. The number of piperidine rings is 1. The highest BCUT2D eigenvalue weighted by molar-refractivity contribution is 7.89. The second-order valence-electron chi connectivity index (χ2n) is 8.22. The molecule has 166 valence electrons. The SMILES string of the molecule is O=C(C1CCN(S(=O)(=O)c2ccccc2)CC1)N1CCN(Cc2ccc(Cl)cc2)CC1. The fourth-order valence-corrected chi connectivity index (χ4v) is 5.93. The highest BCUT2D eigenvalue weighted by atomic mass is 35.5. The summed E-state index contributed by atoms with van der Waals surface area (Å²) in [4.78, 5) is 17.6. The number of hydrogen-bond acceptors (Lipinski definition) is 4. The van der Waals surface area contributed by atoms with E-state index in [0.717, 1.165) is 37.7 Å². The van der Waals surface area contributed by atoms with E-state index >= 15 is 0 Å². The van der Waals surface area contributed by atoms with Crippen molar-refractivity contribution in [3.63, 3.8) is 0 Å². The molecule has 0 atom stereocenters. The highest BCUT2D eigenvalue weighted by Gasteiger charge is 2.34. The number of benzene rings is 2. The van der Waals surface area contributed by atoms with Gasteiger partial charge in [-0.2, -0.15) is 4.31 Å². The van der Waals surface area contributed by atoms with Crippen LogP contribution in [0, 0.1) is 5.92 Å². The molecule has 0 radical (unpaired) electrons. The van der Waals surface area contributed by atoms with Crippen LogP contribution in [0.1, 0.15) is 18.4 Å². The van der Waals surface area contributed by atoms with E-state index in [9.17, 15) is 13.2 Å². The molecule has 2 aliphatic rings. The third kappa shape index (κ3) is 5.29. The molecular weight excluding hydrogens is 434 g/mol. The van der Waals surface area contributed by atoms with Gasteiger partial charge in [0.15, 0.2) is 0 Å². The van der Waals surface area contributed by atoms with E-state index in [0.29, 0.717) is 30.8 Å². The molecule has 0 aliphatic carbocycles. The lowest BCUT2D eigenvalue weighted by Crippen LogP contribution is -2.51. The molecule has 0 bridgehead atoms. The maximum absolute atomic E-state index is 13.0. The second kappa shape index (κ2) is 9.69. The van der Waals surface area contributed by atoms with Gasteiger partial charge in [0.25, 0.3) is 0 Å². The first kappa shape index (κ1) is 22.3. The van der Waals surface area contributed by atoms with Crippen LogP contribution in [0.15, 0.2) is 59.5 Å². The summed E-state index contributed by atoms with van der Waals surface area (Å²) in [6.07, 6.45) is 1.16. The average molecular weight is 462 g/mol. The Hall–Kier alpha value is -1.93. The van der Waals surface area contributed by atoms with E-state index in [1.54, 1.807) is 30.3 Å². The van der Waals surface area contributed by atoms with E-state index in [1.165, 1.54) is 9.87 Å². The number of nitrogens with zero attached hydrogens (tertiary/aromatic N) is 3. The molecule has 2 heterocycles. The molecule has 2 aromatic carbocycles. The topological polar surface area (TPSA) is 60.9 Å². The first-order valence-electron chi connectivity index (χ1n) is 10.7. The maximum Gasteiger partial charge on any atom is 0.243 e. The molecule has 2 saturated heterocycles. The molecule has 2 aromatic rings. The van der Waals surface area contributed by atoms with E-state index in [2.05, 4.69) is 4.90 Å². The van der Waals surface area contributed by atoms with Gasteiger partial charge in [-0.05, 0) is 42.7 Å². The predicted octanol–water partition coefficient (Wildman–Crippen LogP) is 3.09. The molecule has 0 unspecified atom stereocenters. The summed E-state index contributed by atoms with van der Waals surface area (Å²) in [5, 5.41) is 0.738. The third-order valence-corrected chi connectivity index (χ3v) is 8.35. The molecule has 6 nitrogen and oxygen atoms in total. The van der Waals surface area contributed by atoms with Crippen molar-refractivity contribution in [3.8, 4) is 0 Å². The summed E-state index contributed by atoms with van der Waals surface area (Å²) in [6, 6.07) is 16.4. The molecule has 2 aliphatic heterocycles. The highest BCUT2D eigenvalue weighted by Crippen LogP contribution is 2.25. The van der Waals surface area contributed by atoms with Crippen LogP contribution in [0.2, 0.25) is 5.02 Å². The Kier molecular flexibility index (Phi) is 6.96. The van der Waals surface area contributed by atoms with Crippen LogP contribution in [0.5, 0.6) is 0 Å². The molecular formula is C23H28ClN3O3S. The summed E-state index contributed by atoms with van der Waals surface area (Å²) >= 11 is 5.95. The molecule has 4 rings (SSSR count). The summed E-state index contributed by atoms with van der Waals surface area (Å²) in [7, 11) is -3.48. The minimum absolute atomic E-state index is 0.0926. The Morgan fingerprint density at radius 2 is 1.48 bits per heavy atom. The van der Waals surface area contributed by atoms with Gasteiger partial charge in [0.05, 0.1) is 4.90 Å². The molecule has 0 spiro atoms. The van der Waals surface area contributed by atoms with Crippen molar-refractivity contribution in [1.29, 1.82) is 0 Å². The summed E-state index contributed by atoms with van der Waals surface area (Å²) in [5.74, 6) is 0.0768. The van der Waals surface area contributed by atoms with Crippen molar-refractivity contribution >= 4 is 27.5 Å². The number of rotatable bonds is 5. The maximum atomic E-state index is 13.0. The molecule has 2 fully saturated rings. The summed E-state index contributed by atoms with van der Waals surface area (Å²) < 4.78 is 27.1. The van der Waals surface area contributed by atoms with Gasteiger partial charge in [0.1, 0.15) is 0 Å². The van der Waals surface area contributed by atoms with Gasteiger partial charge < -0.3 is 4.90 Å². The lowest BCUT2D eigenvalue weighted by molar-refractivity contribution is -0.138. The van der Waals surface area contributed by atoms with Crippen LogP contribution >= 0.6 is 11.6 Å². The number of sulfonamides is 1. The monoisotopic (exact) mass is 461 g/mol. The average Bonchev–Trinajstić information content (AvgIpc) is 2.81. The minimum Gasteiger partial charge on any atom is -0.340 e. The minimum atomic E-state index is -3.48. The Morgan fingerprint density at radius 1 is 0.871 bits per heavy atom. The van der Waals surface area contributed by atoms with Gasteiger partial charge in [-0.1, -0.05) is 41.9 Å². The Bertz CT molecular complexity index is 982. The fraction of sp³-hybridized carbons (Fsp3) is 0.435. The number of hydrogen-bond donors (Lipinski definition) is 0. The molecule has 31 heavy (non-hydrogen) atoms. The molecule has 0 N–H and O–H groups in total. The largest absolute Gasteiger partial charge is 0.340 e. The van der Waals surface area contributed by atoms with Gasteiger partial charge in [-0.15, -0.1) is 0 Å². The summed E-state index contributed by atoms with van der Waals surface area (Å²) in [5.41, 5.74) is 1.22. The number of amides is 1. The van der Waals surface area contributed by atoms with Gasteiger partial charge in [0.2, 0.25) is 15.9 Å². The Labute approximate surface area is 189 Å². The van der Waals surface area contributed by atoms with Gasteiger partial charge in [-0.25, -0.2) is 8.42 Å². The summed E-state index contributed by atoms with van der Waals surface area (Å²) in [6.45, 7) is 4.76. The lowest BCUT2D eigenvalue weighted by atomic mass is 9.96. The molecule has 8 heteroatoms. The standard InChI is InChI=1S/C23H28ClN3O3S/c24-21-8-6-19(7-9-21)18-25-14-16-26(17-15-25)23(28)20-10-12-27(13-11-20)31(29,30)22-4-2-1-3-5-22/h1-9,20H,10-18H2. The quantitative estimate of drug-likeness (QED) is 0.686. The Balaban J connectivity index is 1.26. The molecule has 1 amide bonds. The van der Waals surface area contributed by atoms with Crippen molar-refractivity contribution in [2.24, 2.45) is 5.92 Å². The number of carbonyl (C=O) groups is 1. The van der Waals surface area contributed by atoms with Gasteiger partial charge >= 0.3 is 0 Å². The zero-order valence-corrected chi connectivity index (χ0v) is 19.1. The third-order valence-electron chi connectivity index (χ3n) is 6.19.